The minimum absolute atomic E-state index is 0.0740. The number of ketones is 1. The number of carbonyl (C=O) groups is 1. The van der Waals surface area contributed by atoms with E-state index >= 15 is 0 Å². The Morgan fingerprint density at radius 2 is 2.00 bits per heavy atom. The van der Waals surface area contributed by atoms with E-state index in [1.807, 2.05) is 65.0 Å². The van der Waals surface area contributed by atoms with Crippen LogP contribution in [0.15, 0.2) is 48.8 Å². The molecule has 0 saturated carbocycles. The SMILES string of the molecule is Cn1cccc1C(=O)Cn1cc(Cl)c2ccccc21. The van der Waals surface area contributed by atoms with Crippen molar-refractivity contribution in [2.24, 2.45) is 7.05 Å². The van der Waals surface area contributed by atoms with Crippen molar-refractivity contribution in [3.63, 3.8) is 0 Å². The van der Waals surface area contributed by atoms with E-state index in [2.05, 4.69) is 0 Å². The van der Waals surface area contributed by atoms with Gasteiger partial charge >= 0.3 is 0 Å². The molecule has 2 heterocycles. The summed E-state index contributed by atoms with van der Waals surface area (Å²) in [5.41, 5.74) is 1.68. The van der Waals surface area contributed by atoms with Crippen molar-refractivity contribution in [1.82, 2.24) is 9.13 Å². The molecule has 1 aromatic carbocycles. The third-order valence-corrected chi connectivity index (χ3v) is 3.58. The molecule has 0 unspecified atom stereocenters. The van der Waals surface area contributed by atoms with Crippen LogP contribution in [-0.4, -0.2) is 14.9 Å². The summed E-state index contributed by atoms with van der Waals surface area (Å²) in [5, 5.41) is 1.65. The Labute approximate surface area is 116 Å². The molecule has 19 heavy (non-hydrogen) atoms. The highest BCUT2D eigenvalue weighted by Gasteiger charge is 2.12. The fourth-order valence-electron chi connectivity index (χ4n) is 2.32. The largest absolute Gasteiger partial charge is 0.348 e. The third-order valence-electron chi connectivity index (χ3n) is 3.28. The molecule has 0 N–H and O–H groups in total. The number of benzene rings is 1. The molecular formula is C15H13ClN2O. The van der Waals surface area contributed by atoms with Crippen molar-refractivity contribution in [1.29, 1.82) is 0 Å². The van der Waals surface area contributed by atoms with Gasteiger partial charge in [0.25, 0.3) is 0 Å². The predicted octanol–water partition coefficient (Wildman–Crippen LogP) is 3.52. The zero-order valence-corrected chi connectivity index (χ0v) is 11.3. The van der Waals surface area contributed by atoms with E-state index in [1.54, 1.807) is 0 Å². The Bertz CT molecular complexity index is 754. The fraction of sp³-hybridized carbons (Fsp3) is 0.133. The Kier molecular flexibility index (Phi) is 2.91. The lowest BCUT2D eigenvalue weighted by atomic mass is 10.2. The van der Waals surface area contributed by atoms with E-state index in [0.717, 1.165) is 10.9 Å². The highest BCUT2D eigenvalue weighted by molar-refractivity contribution is 6.35. The Balaban J connectivity index is 1.98. The second kappa shape index (κ2) is 4.59. The topological polar surface area (TPSA) is 26.9 Å². The van der Waals surface area contributed by atoms with E-state index in [4.69, 9.17) is 11.6 Å². The third kappa shape index (κ3) is 2.06. The van der Waals surface area contributed by atoms with Crippen molar-refractivity contribution >= 4 is 28.3 Å². The molecule has 0 aliphatic rings. The van der Waals surface area contributed by atoms with E-state index in [1.165, 1.54) is 0 Å². The van der Waals surface area contributed by atoms with Gasteiger partial charge in [-0.3, -0.25) is 4.79 Å². The number of hydrogen-bond donors (Lipinski definition) is 0. The summed E-state index contributed by atoms with van der Waals surface area (Å²) in [4.78, 5) is 12.3. The smallest absolute Gasteiger partial charge is 0.198 e. The molecule has 3 aromatic rings. The second-order valence-corrected chi connectivity index (χ2v) is 4.96. The molecule has 0 fully saturated rings. The van der Waals surface area contributed by atoms with Crippen LogP contribution in [0.25, 0.3) is 10.9 Å². The van der Waals surface area contributed by atoms with Gasteiger partial charge in [0.2, 0.25) is 0 Å². The van der Waals surface area contributed by atoms with Gasteiger partial charge in [0.05, 0.1) is 17.3 Å². The second-order valence-electron chi connectivity index (χ2n) is 4.55. The van der Waals surface area contributed by atoms with Crippen LogP contribution in [0.2, 0.25) is 5.02 Å². The van der Waals surface area contributed by atoms with Gasteiger partial charge < -0.3 is 9.13 Å². The van der Waals surface area contributed by atoms with Crippen LogP contribution in [-0.2, 0) is 13.6 Å². The standard InChI is InChI=1S/C15H13ClN2O/c1-17-8-4-7-14(17)15(19)10-18-9-12(16)11-5-2-3-6-13(11)18/h2-9H,10H2,1H3. The van der Waals surface area contributed by atoms with E-state index < -0.39 is 0 Å². The minimum Gasteiger partial charge on any atom is -0.348 e. The predicted molar refractivity (Wildman–Crippen MR) is 76.7 cm³/mol. The molecule has 0 atom stereocenters. The van der Waals surface area contributed by atoms with Crippen molar-refractivity contribution in [3.8, 4) is 0 Å². The fourth-order valence-corrected chi connectivity index (χ4v) is 2.60. The molecule has 0 aliphatic carbocycles. The highest BCUT2D eigenvalue weighted by atomic mass is 35.5. The Morgan fingerprint density at radius 1 is 1.21 bits per heavy atom. The number of nitrogens with zero attached hydrogens (tertiary/aromatic N) is 2. The van der Waals surface area contributed by atoms with E-state index in [0.29, 0.717) is 17.3 Å². The summed E-state index contributed by atoms with van der Waals surface area (Å²) in [6, 6.07) is 11.5. The van der Waals surface area contributed by atoms with Gasteiger partial charge in [-0.1, -0.05) is 29.8 Å². The molecule has 0 saturated heterocycles. The molecule has 2 aromatic heterocycles. The Hall–Kier alpha value is -2.00. The lowest BCUT2D eigenvalue weighted by molar-refractivity contribution is 0.0966. The number of aryl methyl sites for hydroxylation is 1. The van der Waals surface area contributed by atoms with Gasteiger partial charge in [0.15, 0.2) is 5.78 Å². The minimum atomic E-state index is 0.0740. The van der Waals surface area contributed by atoms with Crippen LogP contribution in [0.5, 0.6) is 0 Å². The first-order valence-electron chi connectivity index (χ1n) is 6.05. The molecule has 0 radical (unpaired) electrons. The highest BCUT2D eigenvalue weighted by Crippen LogP contribution is 2.25. The molecular weight excluding hydrogens is 260 g/mol. The van der Waals surface area contributed by atoms with Gasteiger partial charge in [-0.2, -0.15) is 0 Å². The zero-order valence-electron chi connectivity index (χ0n) is 10.5. The average Bonchev–Trinajstić information content (AvgIpc) is 2.95. The number of fused-ring (bicyclic) bond motifs is 1. The van der Waals surface area contributed by atoms with Crippen molar-refractivity contribution in [2.45, 2.75) is 6.54 Å². The van der Waals surface area contributed by atoms with Gasteiger partial charge in [0.1, 0.15) is 0 Å². The van der Waals surface area contributed by atoms with Crippen LogP contribution in [0.4, 0.5) is 0 Å². The first kappa shape index (κ1) is 12.1. The quantitative estimate of drug-likeness (QED) is 0.670. The van der Waals surface area contributed by atoms with Gasteiger partial charge in [-0.15, -0.1) is 0 Å². The average molecular weight is 273 g/mol. The van der Waals surface area contributed by atoms with E-state index in [9.17, 15) is 4.79 Å². The van der Waals surface area contributed by atoms with E-state index in [-0.39, 0.29) is 5.78 Å². The summed E-state index contributed by atoms with van der Waals surface area (Å²) in [6.45, 7) is 0.297. The molecule has 0 amide bonds. The number of aromatic nitrogens is 2. The molecule has 96 valence electrons. The first-order chi connectivity index (χ1) is 9.16. The van der Waals surface area contributed by atoms with Gasteiger partial charge in [0, 0.05) is 30.3 Å². The number of rotatable bonds is 3. The number of halogens is 1. The molecule has 3 nitrogen and oxygen atoms in total. The maximum Gasteiger partial charge on any atom is 0.198 e. The summed E-state index contributed by atoms with van der Waals surface area (Å²) in [6.07, 6.45) is 3.68. The van der Waals surface area contributed by atoms with Crippen molar-refractivity contribution in [3.05, 3.63) is 59.5 Å². The number of para-hydroxylation sites is 1. The number of Topliss-reactive ketones (excluding diaryl/α,β-unsaturated/α-hetero) is 1. The summed E-state index contributed by atoms with van der Waals surface area (Å²) < 4.78 is 3.72. The van der Waals surface area contributed by atoms with Crippen LogP contribution in [0.1, 0.15) is 10.5 Å². The monoisotopic (exact) mass is 272 g/mol. The molecule has 0 spiro atoms. The maximum atomic E-state index is 12.3. The summed E-state index contributed by atoms with van der Waals surface area (Å²) in [7, 11) is 1.87. The molecule has 0 bridgehead atoms. The van der Waals surface area contributed by atoms with Crippen molar-refractivity contribution < 1.29 is 4.79 Å². The molecule has 4 heteroatoms. The zero-order chi connectivity index (χ0) is 13.4. The molecule has 3 rings (SSSR count). The Morgan fingerprint density at radius 3 is 2.74 bits per heavy atom. The maximum absolute atomic E-state index is 12.3. The van der Waals surface area contributed by atoms with Crippen LogP contribution in [0.3, 0.4) is 0 Å². The van der Waals surface area contributed by atoms with Crippen LogP contribution >= 0.6 is 11.6 Å². The lowest BCUT2D eigenvalue weighted by Crippen LogP contribution is -2.12. The number of hydrogen-bond acceptors (Lipinski definition) is 1. The van der Waals surface area contributed by atoms with Gasteiger partial charge in [-0.05, 0) is 18.2 Å². The summed E-state index contributed by atoms with van der Waals surface area (Å²) >= 11 is 6.18. The normalized spacial score (nSPS) is 11.1. The first-order valence-corrected chi connectivity index (χ1v) is 6.42. The lowest BCUT2D eigenvalue weighted by Gasteiger charge is -2.05. The number of carbonyl (C=O) groups excluding carboxylic acids is 1. The molecule has 0 aliphatic heterocycles. The summed E-state index contributed by atoms with van der Waals surface area (Å²) in [5.74, 6) is 0.0740. The van der Waals surface area contributed by atoms with Gasteiger partial charge in [-0.25, -0.2) is 0 Å². The van der Waals surface area contributed by atoms with Crippen LogP contribution in [0, 0.1) is 0 Å². The van der Waals surface area contributed by atoms with Crippen LogP contribution < -0.4 is 0 Å². The van der Waals surface area contributed by atoms with Crippen molar-refractivity contribution in [2.75, 3.05) is 0 Å².